The van der Waals surface area contributed by atoms with Crippen molar-refractivity contribution in [3.8, 4) is 23.0 Å². The molecule has 0 atom stereocenters. The third kappa shape index (κ3) is 4.67. The van der Waals surface area contributed by atoms with Crippen molar-refractivity contribution in [2.75, 3.05) is 14.2 Å². The van der Waals surface area contributed by atoms with Gasteiger partial charge in [0.25, 0.3) is 5.91 Å². The van der Waals surface area contributed by atoms with Crippen LogP contribution in [0.1, 0.15) is 5.56 Å². The van der Waals surface area contributed by atoms with Crippen LogP contribution < -0.4 is 14.8 Å². The normalized spacial score (nSPS) is 10.9. The molecule has 6 heteroatoms. The molecule has 3 rings (SSSR count). The minimum Gasteiger partial charge on any atom is -0.457 e. The lowest BCUT2D eigenvalue weighted by atomic mass is 10.1. The predicted octanol–water partition coefficient (Wildman–Crippen LogP) is 4.37. The highest BCUT2D eigenvalue weighted by Gasteiger charge is 2.18. The van der Waals surface area contributed by atoms with Gasteiger partial charge in [0, 0.05) is 7.05 Å². The molecule has 3 aromatic carbocycles. The van der Waals surface area contributed by atoms with Crippen molar-refractivity contribution in [1.29, 1.82) is 0 Å². The Morgan fingerprint density at radius 1 is 0.786 bits per heavy atom. The number of hydrogen-bond acceptors (Lipinski definition) is 5. The van der Waals surface area contributed by atoms with Crippen LogP contribution in [-0.2, 0) is 9.63 Å². The van der Waals surface area contributed by atoms with Crippen molar-refractivity contribution >= 4 is 11.6 Å². The zero-order chi connectivity index (χ0) is 19.8. The highest BCUT2D eigenvalue weighted by molar-refractivity contribution is 6.45. The molecule has 1 amide bonds. The number of amides is 1. The lowest BCUT2D eigenvalue weighted by Gasteiger charge is -2.12. The third-order valence-corrected chi connectivity index (χ3v) is 3.80. The van der Waals surface area contributed by atoms with Gasteiger partial charge in [-0.3, -0.25) is 4.79 Å². The Morgan fingerprint density at radius 2 is 1.36 bits per heavy atom. The second-order valence-electron chi connectivity index (χ2n) is 5.69. The SMILES string of the molecule is CNC(=O)/C(=N\OC)c1ccccc1Oc1ccc(Oc2ccccc2)cc1. The number of carbonyl (C=O) groups excluding carboxylic acids is 1. The summed E-state index contributed by atoms with van der Waals surface area (Å²) in [4.78, 5) is 16.9. The van der Waals surface area contributed by atoms with Gasteiger partial charge in [-0.15, -0.1) is 0 Å². The van der Waals surface area contributed by atoms with Crippen LogP contribution in [0.5, 0.6) is 23.0 Å². The Labute approximate surface area is 163 Å². The van der Waals surface area contributed by atoms with Crippen molar-refractivity contribution in [3.63, 3.8) is 0 Å². The number of benzene rings is 3. The van der Waals surface area contributed by atoms with Crippen LogP contribution in [0.2, 0.25) is 0 Å². The zero-order valence-corrected chi connectivity index (χ0v) is 15.6. The summed E-state index contributed by atoms with van der Waals surface area (Å²) in [6.45, 7) is 0. The lowest BCUT2D eigenvalue weighted by molar-refractivity contribution is -0.114. The van der Waals surface area contributed by atoms with Crippen LogP contribution in [0.25, 0.3) is 0 Å². The summed E-state index contributed by atoms with van der Waals surface area (Å²) in [6, 6.07) is 23.9. The monoisotopic (exact) mass is 376 g/mol. The number of likely N-dealkylation sites (N-methyl/N-ethyl adjacent to an activating group) is 1. The number of carbonyl (C=O) groups is 1. The molecule has 0 aliphatic rings. The van der Waals surface area contributed by atoms with E-state index in [1.54, 1.807) is 30.3 Å². The molecule has 0 aliphatic carbocycles. The average Bonchev–Trinajstić information content (AvgIpc) is 2.74. The van der Waals surface area contributed by atoms with Gasteiger partial charge in [0.1, 0.15) is 30.1 Å². The standard InChI is InChI=1S/C22H20N2O4/c1-23-22(25)21(24-26-2)19-10-6-7-11-20(19)28-18-14-12-17(13-15-18)27-16-8-4-3-5-9-16/h3-15H,1-2H3,(H,23,25)/b24-21-. The molecule has 0 bridgehead atoms. The number of rotatable bonds is 7. The quantitative estimate of drug-likeness (QED) is 0.491. The molecule has 0 unspecified atom stereocenters. The third-order valence-electron chi connectivity index (χ3n) is 3.80. The van der Waals surface area contributed by atoms with Crippen LogP contribution in [0.3, 0.4) is 0 Å². The van der Waals surface area contributed by atoms with E-state index in [9.17, 15) is 4.79 Å². The summed E-state index contributed by atoms with van der Waals surface area (Å²) >= 11 is 0. The number of nitrogens with zero attached hydrogens (tertiary/aromatic N) is 1. The van der Waals surface area contributed by atoms with E-state index >= 15 is 0 Å². The molecule has 0 saturated carbocycles. The highest BCUT2D eigenvalue weighted by atomic mass is 16.6. The maximum Gasteiger partial charge on any atom is 0.273 e. The van der Waals surface area contributed by atoms with Crippen LogP contribution in [0.15, 0.2) is 84.0 Å². The van der Waals surface area contributed by atoms with Crippen molar-refractivity contribution in [2.45, 2.75) is 0 Å². The first-order valence-corrected chi connectivity index (χ1v) is 8.64. The molecule has 142 valence electrons. The van der Waals surface area contributed by atoms with Gasteiger partial charge in [0.2, 0.25) is 0 Å². The van der Waals surface area contributed by atoms with Crippen molar-refractivity contribution in [1.82, 2.24) is 5.32 Å². The maximum atomic E-state index is 12.1. The van der Waals surface area contributed by atoms with Crippen molar-refractivity contribution < 1.29 is 19.1 Å². The first-order chi connectivity index (χ1) is 13.7. The highest BCUT2D eigenvalue weighted by Crippen LogP contribution is 2.29. The Hall–Kier alpha value is -3.80. The number of hydrogen-bond donors (Lipinski definition) is 1. The summed E-state index contributed by atoms with van der Waals surface area (Å²) in [5.74, 6) is 2.16. The minimum atomic E-state index is -0.371. The molecule has 0 spiro atoms. The Morgan fingerprint density at radius 3 is 2.00 bits per heavy atom. The molecule has 3 aromatic rings. The average molecular weight is 376 g/mol. The smallest absolute Gasteiger partial charge is 0.273 e. The molecule has 0 aromatic heterocycles. The maximum absolute atomic E-state index is 12.1. The molecular formula is C22H20N2O4. The topological polar surface area (TPSA) is 69.2 Å². The van der Waals surface area contributed by atoms with E-state index < -0.39 is 0 Å². The van der Waals surface area contributed by atoms with Gasteiger partial charge in [0.15, 0.2) is 5.71 Å². The van der Waals surface area contributed by atoms with E-state index in [1.807, 2.05) is 48.5 Å². The van der Waals surface area contributed by atoms with Crippen LogP contribution in [0, 0.1) is 0 Å². The number of ether oxygens (including phenoxy) is 2. The van der Waals surface area contributed by atoms with E-state index in [1.165, 1.54) is 14.2 Å². The van der Waals surface area contributed by atoms with Gasteiger partial charge < -0.3 is 19.6 Å². The fourth-order valence-electron chi connectivity index (χ4n) is 2.50. The van der Waals surface area contributed by atoms with Gasteiger partial charge in [-0.1, -0.05) is 35.5 Å². The van der Waals surface area contributed by atoms with Gasteiger partial charge >= 0.3 is 0 Å². The van der Waals surface area contributed by atoms with Gasteiger partial charge in [-0.05, 0) is 48.5 Å². The fraction of sp³-hybridized carbons (Fsp3) is 0.0909. The lowest BCUT2D eigenvalue weighted by Crippen LogP contribution is -2.28. The summed E-state index contributed by atoms with van der Waals surface area (Å²) in [6.07, 6.45) is 0. The molecular weight excluding hydrogens is 356 g/mol. The van der Waals surface area contributed by atoms with Gasteiger partial charge in [-0.25, -0.2) is 0 Å². The van der Waals surface area contributed by atoms with Crippen molar-refractivity contribution in [2.24, 2.45) is 5.16 Å². The largest absolute Gasteiger partial charge is 0.457 e. The fourth-order valence-corrected chi connectivity index (χ4v) is 2.50. The molecule has 0 saturated heterocycles. The molecule has 0 heterocycles. The summed E-state index contributed by atoms with van der Waals surface area (Å²) in [7, 11) is 2.92. The summed E-state index contributed by atoms with van der Waals surface area (Å²) in [5, 5.41) is 6.38. The van der Waals surface area contributed by atoms with Gasteiger partial charge in [0.05, 0.1) is 5.56 Å². The van der Waals surface area contributed by atoms with E-state index in [-0.39, 0.29) is 11.6 Å². The van der Waals surface area contributed by atoms with Crippen molar-refractivity contribution in [3.05, 3.63) is 84.4 Å². The molecule has 0 fully saturated rings. The van der Waals surface area contributed by atoms with Crippen LogP contribution >= 0.6 is 0 Å². The Balaban J connectivity index is 1.80. The number of para-hydroxylation sites is 2. The minimum absolute atomic E-state index is 0.129. The molecule has 0 aliphatic heterocycles. The van der Waals surface area contributed by atoms with E-state index in [0.717, 1.165) is 5.75 Å². The molecule has 6 nitrogen and oxygen atoms in total. The molecule has 28 heavy (non-hydrogen) atoms. The van der Waals surface area contributed by atoms with Crippen LogP contribution in [-0.4, -0.2) is 25.8 Å². The summed E-state index contributed by atoms with van der Waals surface area (Å²) < 4.78 is 11.7. The number of nitrogens with one attached hydrogen (secondary N) is 1. The Bertz CT molecular complexity index is 954. The number of oxime groups is 1. The van der Waals surface area contributed by atoms with E-state index in [0.29, 0.717) is 22.8 Å². The first-order valence-electron chi connectivity index (χ1n) is 8.64. The van der Waals surface area contributed by atoms with E-state index in [4.69, 9.17) is 14.3 Å². The second kappa shape index (κ2) is 9.23. The molecule has 0 radical (unpaired) electrons. The predicted molar refractivity (Wildman–Crippen MR) is 107 cm³/mol. The van der Waals surface area contributed by atoms with Crippen LogP contribution in [0.4, 0.5) is 0 Å². The van der Waals surface area contributed by atoms with Gasteiger partial charge in [-0.2, -0.15) is 0 Å². The first kappa shape index (κ1) is 19.0. The molecule has 1 N–H and O–H groups in total. The summed E-state index contributed by atoms with van der Waals surface area (Å²) in [5.41, 5.74) is 0.651. The Kier molecular flexibility index (Phi) is 6.25. The van der Waals surface area contributed by atoms with E-state index in [2.05, 4.69) is 10.5 Å². The zero-order valence-electron chi connectivity index (χ0n) is 15.6. The second-order valence-corrected chi connectivity index (χ2v) is 5.69.